The van der Waals surface area contributed by atoms with Crippen molar-refractivity contribution in [1.82, 2.24) is 20.3 Å². The van der Waals surface area contributed by atoms with Crippen LogP contribution in [0.25, 0.3) is 11.4 Å². The predicted octanol–water partition coefficient (Wildman–Crippen LogP) is 3.21. The molecule has 3 heterocycles. The number of aromatic nitrogens is 3. The van der Waals surface area contributed by atoms with Gasteiger partial charge in [0.15, 0.2) is 12.0 Å². The van der Waals surface area contributed by atoms with Crippen LogP contribution in [0.5, 0.6) is 5.75 Å². The van der Waals surface area contributed by atoms with E-state index in [0.717, 1.165) is 26.2 Å². The summed E-state index contributed by atoms with van der Waals surface area (Å²) in [6.07, 6.45) is -0.170. The highest BCUT2D eigenvalue weighted by Gasteiger charge is 2.28. The van der Waals surface area contributed by atoms with Gasteiger partial charge in [-0.2, -0.15) is 10.2 Å². The van der Waals surface area contributed by atoms with E-state index in [1.165, 1.54) is 12.4 Å². The summed E-state index contributed by atoms with van der Waals surface area (Å²) in [6.45, 7) is 3.53. The Balaban J connectivity index is 1.32. The zero-order chi connectivity index (χ0) is 24.9. The van der Waals surface area contributed by atoms with Gasteiger partial charge in [-0.05, 0) is 36.4 Å². The molecule has 0 spiro atoms. The molecule has 2 N–H and O–H groups in total. The topological polar surface area (TPSA) is 108 Å². The molecule has 2 aromatic carbocycles. The van der Waals surface area contributed by atoms with Crippen LogP contribution in [0.3, 0.4) is 0 Å². The van der Waals surface area contributed by atoms with Crippen molar-refractivity contribution in [3.63, 3.8) is 0 Å². The Bertz CT molecular complexity index is 1260. The SMILES string of the molecule is N#Cc1cc(-c2ncnc(Nc3ccc(N4CCNCC4)c(F)c3)n2)ccc1O[C@H]1CCOC[C@@H]1F. The molecule has 0 radical (unpaired) electrons. The minimum atomic E-state index is -1.25. The van der Waals surface area contributed by atoms with Gasteiger partial charge in [-0.25, -0.2) is 18.7 Å². The highest BCUT2D eigenvalue weighted by atomic mass is 19.1. The van der Waals surface area contributed by atoms with E-state index in [0.29, 0.717) is 41.5 Å². The van der Waals surface area contributed by atoms with Gasteiger partial charge in [0.25, 0.3) is 0 Å². The van der Waals surface area contributed by atoms with E-state index < -0.39 is 12.3 Å². The highest BCUT2D eigenvalue weighted by molar-refractivity contribution is 5.64. The molecular weight excluding hydrogens is 468 g/mol. The molecule has 36 heavy (non-hydrogen) atoms. The van der Waals surface area contributed by atoms with Gasteiger partial charge in [0, 0.05) is 43.9 Å². The third kappa shape index (κ3) is 5.35. The maximum absolute atomic E-state index is 14.8. The molecular formula is C25H25F2N7O2. The number of ether oxygens (including phenoxy) is 2. The Hall–Kier alpha value is -3.88. The molecule has 0 aliphatic carbocycles. The maximum Gasteiger partial charge on any atom is 0.230 e. The van der Waals surface area contributed by atoms with Crippen molar-refractivity contribution in [3.8, 4) is 23.2 Å². The number of alkyl halides is 1. The number of hydrogen-bond acceptors (Lipinski definition) is 9. The monoisotopic (exact) mass is 493 g/mol. The summed E-state index contributed by atoms with van der Waals surface area (Å²) in [4.78, 5) is 14.7. The number of hydrogen-bond donors (Lipinski definition) is 2. The summed E-state index contributed by atoms with van der Waals surface area (Å²) in [5.74, 6) is 0.521. The van der Waals surface area contributed by atoms with Crippen molar-refractivity contribution in [3.05, 3.63) is 54.1 Å². The summed E-state index contributed by atoms with van der Waals surface area (Å²) in [7, 11) is 0. The van der Waals surface area contributed by atoms with Crippen molar-refractivity contribution in [2.24, 2.45) is 0 Å². The molecule has 0 amide bonds. The number of halogens is 2. The minimum absolute atomic E-state index is 0.0202. The van der Waals surface area contributed by atoms with Crippen molar-refractivity contribution in [2.75, 3.05) is 49.6 Å². The fourth-order valence-corrected chi connectivity index (χ4v) is 4.21. The molecule has 5 rings (SSSR count). The molecule has 0 unspecified atom stereocenters. The summed E-state index contributed by atoms with van der Waals surface area (Å²) >= 11 is 0. The summed E-state index contributed by atoms with van der Waals surface area (Å²) in [6, 6.07) is 11.9. The van der Waals surface area contributed by atoms with Crippen LogP contribution >= 0.6 is 0 Å². The second kappa shape index (κ2) is 10.8. The quantitative estimate of drug-likeness (QED) is 0.535. The van der Waals surface area contributed by atoms with Crippen LogP contribution in [0.2, 0.25) is 0 Å². The second-order valence-electron chi connectivity index (χ2n) is 8.52. The van der Waals surface area contributed by atoms with Crippen LogP contribution in [0.15, 0.2) is 42.7 Å². The Morgan fingerprint density at radius 2 is 2.03 bits per heavy atom. The Labute approximate surface area is 207 Å². The Kier molecular flexibility index (Phi) is 7.16. The van der Waals surface area contributed by atoms with E-state index >= 15 is 0 Å². The molecule has 2 saturated heterocycles. The van der Waals surface area contributed by atoms with Crippen LogP contribution < -0.4 is 20.3 Å². The van der Waals surface area contributed by atoms with E-state index in [2.05, 4.69) is 31.7 Å². The number of nitriles is 1. The average molecular weight is 494 g/mol. The summed E-state index contributed by atoms with van der Waals surface area (Å²) in [5, 5.41) is 15.9. The lowest BCUT2D eigenvalue weighted by Crippen LogP contribution is -2.43. The first kappa shape index (κ1) is 23.8. The predicted molar refractivity (Wildman–Crippen MR) is 129 cm³/mol. The second-order valence-corrected chi connectivity index (χ2v) is 8.52. The van der Waals surface area contributed by atoms with Crippen LogP contribution in [0.4, 0.5) is 26.1 Å². The summed E-state index contributed by atoms with van der Waals surface area (Å²) in [5.41, 5.74) is 1.87. The largest absolute Gasteiger partial charge is 0.486 e. The standard InChI is InChI=1S/C25H25F2N7O2/c26-19-12-18(2-3-21(19)34-8-6-29-7-9-34)32-25-31-15-30-24(33-25)16-1-4-22(17(11-16)13-28)36-23-5-10-35-14-20(23)27/h1-4,11-12,15,20,23,29H,5-10,14H2,(H,30,31,32,33)/t20-,23-/m0/s1. The third-order valence-corrected chi connectivity index (χ3v) is 6.10. The van der Waals surface area contributed by atoms with E-state index in [4.69, 9.17) is 9.47 Å². The van der Waals surface area contributed by atoms with Crippen LogP contribution in [0.1, 0.15) is 12.0 Å². The zero-order valence-corrected chi connectivity index (χ0v) is 19.5. The normalized spacial score (nSPS) is 20.0. The van der Waals surface area contributed by atoms with Crippen molar-refractivity contribution in [1.29, 1.82) is 5.26 Å². The number of rotatable bonds is 6. The van der Waals surface area contributed by atoms with Crippen LogP contribution in [-0.2, 0) is 4.74 Å². The van der Waals surface area contributed by atoms with Gasteiger partial charge < -0.3 is 25.0 Å². The van der Waals surface area contributed by atoms with Gasteiger partial charge in [-0.1, -0.05) is 0 Å². The molecule has 186 valence electrons. The average Bonchev–Trinajstić information content (AvgIpc) is 2.91. The number of nitrogens with zero attached hydrogens (tertiary/aromatic N) is 5. The first-order valence-corrected chi connectivity index (χ1v) is 11.7. The van der Waals surface area contributed by atoms with Crippen molar-refractivity contribution >= 4 is 17.3 Å². The van der Waals surface area contributed by atoms with Gasteiger partial charge in [-0.3, -0.25) is 0 Å². The van der Waals surface area contributed by atoms with Crippen LogP contribution in [-0.4, -0.2) is 66.6 Å². The molecule has 11 heteroatoms. The Morgan fingerprint density at radius 1 is 1.17 bits per heavy atom. The molecule has 9 nitrogen and oxygen atoms in total. The number of piperazine rings is 1. The number of benzene rings is 2. The fourth-order valence-electron chi connectivity index (χ4n) is 4.21. The lowest BCUT2D eigenvalue weighted by atomic mass is 10.1. The smallest absolute Gasteiger partial charge is 0.230 e. The van der Waals surface area contributed by atoms with Gasteiger partial charge >= 0.3 is 0 Å². The van der Waals surface area contributed by atoms with Gasteiger partial charge in [0.05, 0.1) is 24.5 Å². The number of anilines is 3. The zero-order valence-electron chi connectivity index (χ0n) is 19.5. The molecule has 1 aromatic heterocycles. The number of nitrogens with one attached hydrogen (secondary N) is 2. The van der Waals surface area contributed by atoms with Crippen LogP contribution in [0, 0.1) is 17.1 Å². The minimum Gasteiger partial charge on any atom is -0.486 e. The first-order valence-electron chi connectivity index (χ1n) is 11.7. The maximum atomic E-state index is 14.8. The molecule has 0 saturated carbocycles. The summed E-state index contributed by atoms with van der Waals surface area (Å²) < 4.78 is 39.7. The molecule has 3 aromatic rings. The molecule has 2 atom stereocenters. The molecule has 0 bridgehead atoms. The van der Waals surface area contributed by atoms with E-state index in [1.807, 2.05) is 4.90 Å². The third-order valence-electron chi connectivity index (χ3n) is 6.10. The lowest BCUT2D eigenvalue weighted by molar-refractivity contribution is -0.0383. The Morgan fingerprint density at radius 3 is 2.81 bits per heavy atom. The van der Waals surface area contributed by atoms with E-state index in [-0.39, 0.29) is 23.9 Å². The van der Waals surface area contributed by atoms with Crippen molar-refractivity contribution in [2.45, 2.75) is 18.7 Å². The molecule has 2 fully saturated rings. The van der Waals surface area contributed by atoms with Crippen molar-refractivity contribution < 1.29 is 18.3 Å². The van der Waals surface area contributed by atoms with Gasteiger partial charge in [0.1, 0.15) is 30.1 Å². The highest BCUT2D eigenvalue weighted by Crippen LogP contribution is 2.29. The van der Waals surface area contributed by atoms with Gasteiger partial charge in [0.2, 0.25) is 5.95 Å². The molecule has 2 aliphatic rings. The van der Waals surface area contributed by atoms with E-state index in [1.54, 1.807) is 30.3 Å². The fraction of sp³-hybridized carbons (Fsp3) is 0.360. The lowest BCUT2D eigenvalue weighted by Gasteiger charge is -2.29. The molecule has 2 aliphatic heterocycles. The van der Waals surface area contributed by atoms with E-state index in [9.17, 15) is 14.0 Å². The first-order chi connectivity index (χ1) is 17.6. The van der Waals surface area contributed by atoms with Gasteiger partial charge in [-0.15, -0.1) is 0 Å².